The molecule has 0 aliphatic heterocycles. The van der Waals surface area contributed by atoms with Gasteiger partial charge in [-0.2, -0.15) is 0 Å². The van der Waals surface area contributed by atoms with Crippen molar-refractivity contribution in [3.05, 3.63) is 72.9 Å². The summed E-state index contributed by atoms with van der Waals surface area (Å²) < 4.78 is 5.94. The molecule has 0 rings (SSSR count). The molecule has 66 heavy (non-hydrogen) atoms. The molecule has 0 heterocycles. The van der Waals surface area contributed by atoms with Crippen LogP contribution in [0, 0.1) is 0 Å². The molecule has 0 saturated carbocycles. The van der Waals surface area contributed by atoms with Crippen LogP contribution in [0.15, 0.2) is 72.9 Å². The topological polar surface area (TPSA) is 95.9 Å². The lowest BCUT2D eigenvalue weighted by Crippen LogP contribution is -2.46. The number of hydrogen-bond acceptors (Lipinski definition) is 5. The van der Waals surface area contributed by atoms with Crippen molar-refractivity contribution in [3.8, 4) is 0 Å². The maximum Gasteiger partial charge on any atom is 0.306 e. The van der Waals surface area contributed by atoms with E-state index in [1.807, 2.05) is 36.5 Å². The van der Waals surface area contributed by atoms with E-state index in [4.69, 9.17) is 4.74 Å². The Labute approximate surface area is 409 Å². The molecule has 6 nitrogen and oxygen atoms in total. The zero-order chi connectivity index (χ0) is 48.1. The van der Waals surface area contributed by atoms with Crippen molar-refractivity contribution < 1.29 is 24.5 Å². The van der Waals surface area contributed by atoms with Crippen LogP contribution in [0.5, 0.6) is 0 Å². The number of carbonyl (C=O) groups is 2. The van der Waals surface area contributed by atoms with Gasteiger partial charge in [0.05, 0.1) is 25.2 Å². The van der Waals surface area contributed by atoms with Gasteiger partial charge in [-0.15, -0.1) is 0 Å². The molecule has 0 bridgehead atoms. The second-order valence-electron chi connectivity index (χ2n) is 19.1. The smallest absolute Gasteiger partial charge is 0.306 e. The Morgan fingerprint density at radius 2 is 0.818 bits per heavy atom. The van der Waals surface area contributed by atoms with Gasteiger partial charge in [0.25, 0.3) is 0 Å². The van der Waals surface area contributed by atoms with Crippen LogP contribution in [-0.2, 0) is 14.3 Å². The lowest BCUT2D eigenvalue weighted by molar-refractivity contribution is -0.151. The largest absolute Gasteiger partial charge is 0.462 e. The molecule has 0 fully saturated rings. The van der Waals surface area contributed by atoms with Crippen LogP contribution in [0.3, 0.4) is 0 Å². The van der Waals surface area contributed by atoms with Gasteiger partial charge in [-0.1, -0.05) is 261 Å². The maximum atomic E-state index is 13.2. The second-order valence-corrected chi connectivity index (χ2v) is 19.1. The Morgan fingerprint density at radius 3 is 1.29 bits per heavy atom. The zero-order valence-electron chi connectivity index (χ0n) is 43.6. The number of esters is 1. The van der Waals surface area contributed by atoms with Gasteiger partial charge in [0, 0.05) is 6.42 Å². The van der Waals surface area contributed by atoms with Gasteiger partial charge in [0.1, 0.15) is 6.10 Å². The van der Waals surface area contributed by atoms with Crippen LogP contribution in [0.2, 0.25) is 0 Å². The average Bonchev–Trinajstić information content (AvgIpc) is 3.31. The molecule has 0 radical (unpaired) electrons. The standard InChI is InChI=1S/C60H107NO5/c1-4-7-10-13-16-19-22-25-27-29-30-32-35-38-41-44-47-50-53-60(65)66-56(51-48-45-42-39-36-34-31-28-26-23-20-17-14-11-8-5-2)54-59(64)61-57(55-62)58(63)52-49-46-43-40-37-33-24-21-18-15-12-9-6-3/h11,14,17,20,23,26,28,30-32,34,36,56-58,62-63H,4-10,12-13,15-16,18-19,21-22,24-25,27,29,33,35,37-55H2,1-3H3,(H,61,64)/b14-11+,20-17+,26-23+,31-28+,32-30+,36-34+. The first-order valence-corrected chi connectivity index (χ1v) is 28.2. The molecule has 0 aliphatic rings. The summed E-state index contributed by atoms with van der Waals surface area (Å²) in [5.74, 6) is -0.522. The summed E-state index contributed by atoms with van der Waals surface area (Å²) in [6.45, 7) is 6.40. The van der Waals surface area contributed by atoms with Gasteiger partial charge in [-0.3, -0.25) is 9.59 Å². The van der Waals surface area contributed by atoms with Crippen LogP contribution in [0.4, 0.5) is 0 Å². The molecule has 0 aliphatic carbocycles. The number of ether oxygens (including phenoxy) is 1. The van der Waals surface area contributed by atoms with E-state index in [0.717, 1.165) is 77.0 Å². The molecule has 0 spiro atoms. The maximum absolute atomic E-state index is 13.2. The molecular weight excluding hydrogens is 815 g/mol. The monoisotopic (exact) mass is 922 g/mol. The number of rotatable bonds is 50. The lowest BCUT2D eigenvalue weighted by atomic mass is 10.0. The van der Waals surface area contributed by atoms with Crippen molar-refractivity contribution in [1.29, 1.82) is 0 Å². The van der Waals surface area contributed by atoms with E-state index >= 15 is 0 Å². The molecule has 3 atom stereocenters. The van der Waals surface area contributed by atoms with Crippen molar-refractivity contribution in [3.63, 3.8) is 0 Å². The van der Waals surface area contributed by atoms with E-state index in [9.17, 15) is 19.8 Å². The summed E-state index contributed by atoms with van der Waals surface area (Å²) in [5, 5.41) is 23.8. The Bertz CT molecular complexity index is 1220. The number of aliphatic hydroxyl groups is 2. The number of amides is 1. The minimum Gasteiger partial charge on any atom is -0.462 e. The van der Waals surface area contributed by atoms with Gasteiger partial charge in [-0.25, -0.2) is 0 Å². The van der Waals surface area contributed by atoms with Gasteiger partial charge < -0.3 is 20.3 Å². The molecule has 1 amide bonds. The third-order valence-corrected chi connectivity index (χ3v) is 12.6. The summed E-state index contributed by atoms with van der Waals surface area (Å²) in [7, 11) is 0. The van der Waals surface area contributed by atoms with E-state index in [0.29, 0.717) is 19.3 Å². The lowest BCUT2D eigenvalue weighted by Gasteiger charge is -2.24. The molecule has 0 aromatic carbocycles. The van der Waals surface area contributed by atoms with Crippen molar-refractivity contribution >= 4 is 11.9 Å². The van der Waals surface area contributed by atoms with Crippen LogP contribution in [0.25, 0.3) is 0 Å². The highest BCUT2D eigenvalue weighted by Crippen LogP contribution is 2.18. The van der Waals surface area contributed by atoms with Crippen molar-refractivity contribution in [2.75, 3.05) is 6.61 Å². The van der Waals surface area contributed by atoms with E-state index in [-0.39, 0.29) is 24.9 Å². The molecule has 382 valence electrons. The third-order valence-electron chi connectivity index (χ3n) is 12.6. The molecule has 0 aromatic heterocycles. The van der Waals surface area contributed by atoms with E-state index < -0.39 is 18.2 Å². The summed E-state index contributed by atoms with van der Waals surface area (Å²) in [6.07, 6.45) is 68.2. The molecule has 0 saturated heterocycles. The normalized spacial score (nSPS) is 13.7. The predicted octanol–water partition coefficient (Wildman–Crippen LogP) is 17.3. The first-order valence-electron chi connectivity index (χ1n) is 28.2. The SMILES string of the molecule is CCC/C=C/C=C/C=C/C=C/C=C/CCCCCC(CC(=O)NC(CO)C(O)CCCCCCCCCCCCCCC)OC(=O)CCCCCCC/C=C/CCCCCCCCCCC. The number of hydrogen-bond donors (Lipinski definition) is 3. The first kappa shape index (κ1) is 63.3. The molecule has 3 N–H and O–H groups in total. The number of carbonyl (C=O) groups excluding carboxylic acids is 2. The Kier molecular flexibility index (Phi) is 51.1. The number of unbranched alkanes of at least 4 members (excludes halogenated alkanes) is 30. The second kappa shape index (κ2) is 53.3. The zero-order valence-corrected chi connectivity index (χ0v) is 43.6. The fraction of sp³-hybridized carbons (Fsp3) is 0.767. The van der Waals surface area contributed by atoms with Crippen LogP contribution in [-0.4, -0.2) is 46.9 Å². The van der Waals surface area contributed by atoms with Crippen molar-refractivity contribution in [1.82, 2.24) is 5.32 Å². The van der Waals surface area contributed by atoms with Crippen molar-refractivity contribution in [2.24, 2.45) is 0 Å². The summed E-state index contributed by atoms with van der Waals surface area (Å²) in [6, 6.07) is -0.720. The summed E-state index contributed by atoms with van der Waals surface area (Å²) in [5.41, 5.74) is 0. The fourth-order valence-electron chi connectivity index (χ4n) is 8.34. The number of allylic oxidation sites excluding steroid dienone is 12. The van der Waals surface area contributed by atoms with Gasteiger partial charge >= 0.3 is 5.97 Å². The quantitative estimate of drug-likeness (QED) is 0.0244. The molecule has 6 heteroatoms. The minimum absolute atomic E-state index is 0.0444. The Balaban J connectivity index is 4.66. The van der Waals surface area contributed by atoms with E-state index in [1.165, 1.54) is 148 Å². The van der Waals surface area contributed by atoms with E-state index in [1.54, 1.807) is 0 Å². The molecular formula is C60H107NO5. The van der Waals surface area contributed by atoms with Crippen LogP contribution < -0.4 is 5.32 Å². The summed E-state index contributed by atoms with van der Waals surface area (Å²) in [4.78, 5) is 26.2. The Hall–Kier alpha value is -2.70. The predicted molar refractivity (Wildman–Crippen MR) is 287 cm³/mol. The fourth-order valence-corrected chi connectivity index (χ4v) is 8.34. The highest BCUT2D eigenvalue weighted by atomic mass is 16.5. The average molecular weight is 923 g/mol. The first-order chi connectivity index (χ1) is 32.5. The van der Waals surface area contributed by atoms with Crippen LogP contribution >= 0.6 is 0 Å². The highest BCUT2D eigenvalue weighted by molar-refractivity contribution is 5.77. The van der Waals surface area contributed by atoms with Gasteiger partial charge in [0.2, 0.25) is 5.91 Å². The van der Waals surface area contributed by atoms with Gasteiger partial charge in [-0.05, 0) is 70.6 Å². The van der Waals surface area contributed by atoms with E-state index in [2.05, 4.69) is 62.5 Å². The minimum atomic E-state index is -0.804. The number of aliphatic hydroxyl groups excluding tert-OH is 2. The van der Waals surface area contributed by atoms with Crippen LogP contribution in [0.1, 0.15) is 271 Å². The van der Waals surface area contributed by atoms with Gasteiger partial charge in [0.15, 0.2) is 0 Å². The molecule has 0 aromatic rings. The highest BCUT2D eigenvalue weighted by Gasteiger charge is 2.24. The summed E-state index contributed by atoms with van der Waals surface area (Å²) >= 11 is 0. The molecule has 3 unspecified atom stereocenters. The third kappa shape index (κ3) is 47.8. The number of nitrogens with one attached hydrogen (secondary N) is 1. The Morgan fingerprint density at radius 1 is 0.439 bits per heavy atom. The van der Waals surface area contributed by atoms with Crippen molar-refractivity contribution in [2.45, 2.75) is 289 Å².